The lowest BCUT2D eigenvalue weighted by Crippen LogP contribution is -2.14. The summed E-state index contributed by atoms with van der Waals surface area (Å²) in [6.45, 7) is 1.16. The van der Waals surface area contributed by atoms with E-state index < -0.39 is 5.91 Å². The Bertz CT molecular complexity index is 547. The van der Waals surface area contributed by atoms with E-state index in [2.05, 4.69) is 4.98 Å². The molecule has 1 aromatic carbocycles. The molecule has 0 aliphatic carbocycles. The molecule has 2 rings (SSSR count). The molecule has 1 amide bonds. The number of hydrogen-bond donors (Lipinski definition) is 2. The van der Waals surface area contributed by atoms with Crippen LogP contribution in [0.25, 0.3) is 0 Å². The van der Waals surface area contributed by atoms with Crippen LogP contribution in [-0.4, -0.2) is 22.0 Å². The van der Waals surface area contributed by atoms with Gasteiger partial charge in [-0.2, -0.15) is 0 Å². The number of hydrogen-bond acceptors (Lipinski definition) is 3. The van der Waals surface area contributed by atoms with Crippen LogP contribution in [0.15, 0.2) is 36.8 Å². The van der Waals surface area contributed by atoms with Crippen molar-refractivity contribution < 1.29 is 4.79 Å². The molecule has 0 saturated carbocycles. The van der Waals surface area contributed by atoms with Gasteiger partial charge in [-0.25, -0.2) is 4.98 Å². The van der Waals surface area contributed by atoms with Crippen LogP contribution in [0.2, 0.25) is 0 Å². The Labute approximate surface area is 105 Å². The molecule has 0 atom stereocenters. The van der Waals surface area contributed by atoms with Gasteiger partial charge in [0.2, 0.25) is 5.91 Å². The number of benzene rings is 1. The molecule has 0 bridgehead atoms. The van der Waals surface area contributed by atoms with Crippen molar-refractivity contribution in [3.63, 3.8) is 0 Å². The summed E-state index contributed by atoms with van der Waals surface area (Å²) in [4.78, 5) is 15.5. The maximum absolute atomic E-state index is 11.3. The molecule has 0 saturated heterocycles. The first-order valence-electron chi connectivity index (χ1n) is 5.79. The molecule has 0 unspecified atom stereocenters. The quantitative estimate of drug-likeness (QED) is 0.804. The van der Waals surface area contributed by atoms with Gasteiger partial charge in [0.05, 0.1) is 12.0 Å². The third-order valence-electron chi connectivity index (χ3n) is 2.72. The Morgan fingerprint density at radius 2 is 2.11 bits per heavy atom. The van der Waals surface area contributed by atoms with E-state index in [1.54, 1.807) is 18.5 Å². The van der Waals surface area contributed by atoms with E-state index in [-0.39, 0.29) is 0 Å². The van der Waals surface area contributed by atoms with E-state index in [1.807, 2.05) is 22.9 Å². The molecule has 18 heavy (non-hydrogen) atoms. The SMILES string of the molecule is NCCc1cn(Cc2ccccc2C(N)=O)cn1. The maximum Gasteiger partial charge on any atom is 0.249 e. The van der Waals surface area contributed by atoms with Crippen LogP contribution in [0, 0.1) is 0 Å². The highest BCUT2D eigenvalue weighted by molar-refractivity contribution is 5.94. The normalized spacial score (nSPS) is 10.5. The van der Waals surface area contributed by atoms with Gasteiger partial charge in [-0.05, 0) is 18.2 Å². The van der Waals surface area contributed by atoms with Gasteiger partial charge in [-0.3, -0.25) is 4.79 Å². The number of carbonyl (C=O) groups is 1. The van der Waals surface area contributed by atoms with Crippen molar-refractivity contribution in [2.75, 3.05) is 6.54 Å². The molecule has 0 aliphatic rings. The summed E-state index contributed by atoms with van der Waals surface area (Å²) >= 11 is 0. The first-order chi connectivity index (χ1) is 8.70. The van der Waals surface area contributed by atoms with Crippen LogP contribution in [0.5, 0.6) is 0 Å². The van der Waals surface area contributed by atoms with Gasteiger partial charge in [0.15, 0.2) is 0 Å². The second kappa shape index (κ2) is 5.46. The van der Waals surface area contributed by atoms with E-state index in [4.69, 9.17) is 11.5 Å². The van der Waals surface area contributed by atoms with Crippen molar-refractivity contribution in [2.24, 2.45) is 11.5 Å². The number of carbonyl (C=O) groups excluding carboxylic acids is 1. The zero-order chi connectivity index (χ0) is 13.0. The molecule has 0 aliphatic heterocycles. The molecule has 2 aromatic rings. The van der Waals surface area contributed by atoms with Crippen molar-refractivity contribution in [2.45, 2.75) is 13.0 Å². The molecule has 5 heteroatoms. The molecular weight excluding hydrogens is 228 g/mol. The summed E-state index contributed by atoms with van der Waals surface area (Å²) in [6, 6.07) is 7.31. The van der Waals surface area contributed by atoms with Crippen LogP contribution in [-0.2, 0) is 13.0 Å². The van der Waals surface area contributed by atoms with Crippen LogP contribution >= 0.6 is 0 Å². The number of rotatable bonds is 5. The first kappa shape index (κ1) is 12.3. The molecule has 1 aromatic heterocycles. The lowest BCUT2D eigenvalue weighted by Gasteiger charge is -2.06. The minimum absolute atomic E-state index is 0.409. The van der Waals surface area contributed by atoms with Crippen LogP contribution < -0.4 is 11.5 Å². The Morgan fingerprint density at radius 3 is 2.83 bits per heavy atom. The monoisotopic (exact) mass is 244 g/mol. The van der Waals surface area contributed by atoms with Gasteiger partial charge < -0.3 is 16.0 Å². The van der Waals surface area contributed by atoms with Gasteiger partial charge in [-0.1, -0.05) is 18.2 Å². The fraction of sp³-hybridized carbons (Fsp3) is 0.231. The molecule has 5 nitrogen and oxygen atoms in total. The predicted octanol–water partition coefficient (Wildman–Crippen LogP) is 0.531. The fourth-order valence-electron chi connectivity index (χ4n) is 1.87. The van der Waals surface area contributed by atoms with E-state index in [9.17, 15) is 4.79 Å². The summed E-state index contributed by atoms with van der Waals surface area (Å²) in [6.07, 6.45) is 4.43. The highest BCUT2D eigenvalue weighted by atomic mass is 16.1. The Hall–Kier alpha value is -2.14. The Morgan fingerprint density at radius 1 is 1.33 bits per heavy atom. The van der Waals surface area contributed by atoms with E-state index in [0.29, 0.717) is 18.7 Å². The average molecular weight is 244 g/mol. The summed E-state index contributed by atoms with van der Waals surface area (Å²) in [5.41, 5.74) is 13.2. The number of primary amides is 1. The second-order valence-electron chi connectivity index (χ2n) is 4.10. The zero-order valence-corrected chi connectivity index (χ0v) is 10.0. The summed E-state index contributed by atoms with van der Waals surface area (Å²) in [5, 5.41) is 0. The third-order valence-corrected chi connectivity index (χ3v) is 2.72. The lowest BCUT2D eigenvalue weighted by molar-refractivity contribution is 0.0999. The van der Waals surface area contributed by atoms with E-state index in [0.717, 1.165) is 17.7 Å². The molecule has 0 fully saturated rings. The van der Waals surface area contributed by atoms with E-state index in [1.165, 1.54) is 0 Å². The van der Waals surface area contributed by atoms with Gasteiger partial charge in [0, 0.05) is 24.7 Å². The van der Waals surface area contributed by atoms with Crippen molar-refractivity contribution >= 4 is 5.91 Å². The second-order valence-corrected chi connectivity index (χ2v) is 4.10. The predicted molar refractivity (Wildman–Crippen MR) is 69.0 cm³/mol. The average Bonchev–Trinajstić information content (AvgIpc) is 2.77. The summed E-state index contributed by atoms with van der Waals surface area (Å²) < 4.78 is 1.92. The Kier molecular flexibility index (Phi) is 3.74. The van der Waals surface area contributed by atoms with E-state index >= 15 is 0 Å². The third kappa shape index (κ3) is 2.75. The van der Waals surface area contributed by atoms with Crippen molar-refractivity contribution in [1.82, 2.24) is 9.55 Å². The molecule has 0 radical (unpaired) electrons. The zero-order valence-electron chi connectivity index (χ0n) is 10.0. The molecular formula is C13H16N4O. The smallest absolute Gasteiger partial charge is 0.249 e. The largest absolute Gasteiger partial charge is 0.366 e. The number of nitrogens with zero attached hydrogens (tertiary/aromatic N) is 2. The molecule has 94 valence electrons. The topological polar surface area (TPSA) is 86.9 Å². The first-order valence-corrected chi connectivity index (χ1v) is 5.79. The standard InChI is InChI=1S/C13H16N4O/c14-6-5-11-8-17(9-16-11)7-10-3-1-2-4-12(10)13(15)18/h1-4,8-9H,5-7,14H2,(H2,15,18). The molecule has 0 spiro atoms. The summed E-state index contributed by atoms with van der Waals surface area (Å²) in [5.74, 6) is -0.409. The minimum Gasteiger partial charge on any atom is -0.366 e. The molecule has 4 N–H and O–H groups in total. The van der Waals surface area contributed by atoms with Crippen molar-refractivity contribution in [1.29, 1.82) is 0 Å². The number of aromatic nitrogens is 2. The fourth-order valence-corrected chi connectivity index (χ4v) is 1.87. The highest BCUT2D eigenvalue weighted by Gasteiger charge is 2.07. The molecule has 1 heterocycles. The van der Waals surface area contributed by atoms with Gasteiger partial charge >= 0.3 is 0 Å². The lowest BCUT2D eigenvalue weighted by atomic mass is 10.1. The van der Waals surface area contributed by atoms with Crippen molar-refractivity contribution in [3.05, 3.63) is 53.6 Å². The van der Waals surface area contributed by atoms with Gasteiger partial charge in [-0.15, -0.1) is 0 Å². The summed E-state index contributed by atoms with van der Waals surface area (Å²) in [7, 11) is 0. The van der Waals surface area contributed by atoms with Gasteiger partial charge in [0.1, 0.15) is 0 Å². The number of amides is 1. The number of nitrogens with two attached hydrogens (primary N) is 2. The Balaban J connectivity index is 2.20. The highest BCUT2D eigenvalue weighted by Crippen LogP contribution is 2.10. The van der Waals surface area contributed by atoms with Crippen LogP contribution in [0.3, 0.4) is 0 Å². The maximum atomic E-state index is 11.3. The minimum atomic E-state index is -0.409. The van der Waals surface area contributed by atoms with Crippen molar-refractivity contribution in [3.8, 4) is 0 Å². The van der Waals surface area contributed by atoms with Crippen LogP contribution in [0.1, 0.15) is 21.6 Å². The van der Waals surface area contributed by atoms with Crippen LogP contribution in [0.4, 0.5) is 0 Å². The number of imidazole rings is 1. The van der Waals surface area contributed by atoms with Gasteiger partial charge in [0.25, 0.3) is 0 Å².